The summed E-state index contributed by atoms with van der Waals surface area (Å²) in [6.45, 7) is 4.68. The second-order valence-electron chi connectivity index (χ2n) is 8.28. The molecular weight excluding hydrogens is 492 g/mol. The van der Waals surface area contributed by atoms with E-state index >= 15 is 0 Å². The van der Waals surface area contributed by atoms with Gasteiger partial charge in [-0.15, -0.1) is 0 Å². The summed E-state index contributed by atoms with van der Waals surface area (Å²) in [4.78, 5) is 32.7. The van der Waals surface area contributed by atoms with E-state index in [-0.39, 0.29) is 17.1 Å². The molecule has 37 heavy (non-hydrogen) atoms. The van der Waals surface area contributed by atoms with Gasteiger partial charge in [0.2, 0.25) is 0 Å². The van der Waals surface area contributed by atoms with Gasteiger partial charge in [0.05, 0.1) is 35.0 Å². The first kappa shape index (κ1) is 24.3. The highest BCUT2D eigenvalue weighted by atomic mass is 32.1. The van der Waals surface area contributed by atoms with Gasteiger partial charge in [0.15, 0.2) is 5.13 Å². The van der Waals surface area contributed by atoms with Crippen LogP contribution in [-0.4, -0.2) is 40.1 Å². The summed E-state index contributed by atoms with van der Waals surface area (Å²) >= 11 is 1.25. The largest absolute Gasteiger partial charge is 0.508 e. The standard InChI is InChI=1S/C28H24N2O6S/c1-3-35-19-7-5-6-17(14-19)25(32)23-24(16-8-10-18(31)11-9-16)30(27(34)26(23)33)28-29-21-13-12-20(36-4-2)15-22(21)37-28/h5-15,24,31-32H,3-4H2,1-2H3. The summed E-state index contributed by atoms with van der Waals surface area (Å²) < 4.78 is 11.9. The molecule has 1 aromatic heterocycles. The fourth-order valence-corrected chi connectivity index (χ4v) is 5.33. The van der Waals surface area contributed by atoms with Gasteiger partial charge >= 0.3 is 5.91 Å². The zero-order valence-corrected chi connectivity index (χ0v) is 21.0. The Bertz CT molecular complexity index is 1530. The lowest BCUT2D eigenvalue weighted by Gasteiger charge is -2.23. The molecule has 5 rings (SSSR count). The van der Waals surface area contributed by atoms with E-state index in [1.165, 1.54) is 28.4 Å². The van der Waals surface area contributed by atoms with E-state index in [2.05, 4.69) is 4.98 Å². The molecule has 1 fully saturated rings. The fraction of sp³-hybridized carbons (Fsp3) is 0.179. The maximum absolute atomic E-state index is 13.4. The number of amides is 1. The van der Waals surface area contributed by atoms with Gasteiger partial charge in [0, 0.05) is 5.56 Å². The highest BCUT2D eigenvalue weighted by molar-refractivity contribution is 7.22. The minimum atomic E-state index is -0.955. The molecule has 0 saturated carbocycles. The molecule has 4 aromatic rings. The Kier molecular flexibility index (Phi) is 6.54. The zero-order chi connectivity index (χ0) is 26.1. The number of aromatic hydroxyl groups is 1. The van der Waals surface area contributed by atoms with Gasteiger partial charge in [-0.3, -0.25) is 14.5 Å². The summed E-state index contributed by atoms with van der Waals surface area (Å²) in [5.74, 6) is -0.708. The number of Topliss-reactive ketones (excluding diaryl/α,β-unsaturated/α-hetero) is 1. The summed E-state index contributed by atoms with van der Waals surface area (Å²) in [5.41, 5.74) is 1.46. The average Bonchev–Trinajstić information content (AvgIpc) is 3.42. The van der Waals surface area contributed by atoms with Crippen LogP contribution in [0.15, 0.2) is 72.3 Å². The van der Waals surface area contributed by atoms with Gasteiger partial charge in [0.25, 0.3) is 5.78 Å². The third-order valence-corrected chi connectivity index (χ3v) is 6.95. The predicted molar refractivity (Wildman–Crippen MR) is 141 cm³/mol. The summed E-state index contributed by atoms with van der Waals surface area (Å²) in [6, 6.07) is 17.4. The number of hydrogen-bond acceptors (Lipinski definition) is 8. The Morgan fingerprint density at radius 1 is 0.973 bits per heavy atom. The number of benzene rings is 3. The fourth-order valence-electron chi connectivity index (χ4n) is 4.31. The van der Waals surface area contributed by atoms with Gasteiger partial charge in [0.1, 0.15) is 23.0 Å². The molecule has 1 aliphatic rings. The number of aliphatic hydroxyl groups excluding tert-OH is 1. The van der Waals surface area contributed by atoms with Crippen LogP contribution in [0.25, 0.3) is 16.0 Å². The molecule has 2 heterocycles. The Balaban J connectivity index is 1.68. The number of fused-ring (bicyclic) bond motifs is 1. The first-order chi connectivity index (χ1) is 17.9. The quantitative estimate of drug-likeness (QED) is 0.192. The number of carbonyl (C=O) groups is 2. The van der Waals surface area contributed by atoms with Crippen molar-refractivity contribution in [3.8, 4) is 17.2 Å². The van der Waals surface area contributed by atoms with Crippen LogP contribution in [-0.2, 0) is 9.59 Å². The number of phenolic OH excluding ortho intramolecular Hbond substituents is 1. The number of thiazole rings is 1. The van der Waals surface area contributed by atoms with Crippen LogP contribution >= 0.6 is 11.3 Å². The second kappa shape index (κ2) is 9.94. The van der Waals surface area contributed by atoms with Gasteiger partial charge in [-0.25, -0.2) is 4.98 Å². The van der Waals surface area contributed by atoms with Crippen molar-refractivity contribution in [3.63, 3.8) is 0 Å². The molecule has 1 atom stereocenters. The van der Waals surface area contributed by atoms with Crippen molar-refractivity contribution in [3.05, 3.63) is 83.4 Å². The van der Waals surface area contributed by atoms with Crippen LogP contribution < -0.4 is 14.4 Å². The van der Waals surface area contributed by atoms with Crippen LogP contribution in [0.4, 0.5) is 5.13 Å². The molecular formula is C28H24N2O6S. The highest BCUT2D eigenvalue weighted by Crippen LogP contribution is 2.45. The Labute approximate surface area is 217 Å². The highest BCUT2D eigenvalue weighted by Gasteiger charge is 2.48. The molecule has 3 aromatic carbocycles. The predicted octanol–water partition coefficient (Wildman–Crippen LogP) is 5.43. The number of aromatic nitrogens is 1. The summed E-state index contributed by atoms with van der Waals surface area (Å²) in [6.07, 6.45) is 0. The number of aliphatic hydroxyl groups is 1. The number of anilines is 1. The molecule has 0 aliphatic carbocycles. The summed E-state index contributed by atoms with van der Waals surface area (Å²) in [5, 5.41) is 21.5. The zero-order valence-electron chi connectivity index (χ0n) is 20.2. The van der Waals surface area contributed by atoms with Crippen molar-refractivity contribution >= 4 is 44.1 Å². The lowest BCUT2D eigenvalue weighted by atomic mass is 9.95. The maximum atomic E-state index is 13.4. The lowest BCUT2D eigenvalue weighted by Crippen LogP contribution is -2.29. The normalized spacial score (nSPS) is 16.9. The minimum absolute atomic E-state index is 0.0357. The van der Waals surface area contributed by atoms with E-state index in [4.69, 9.17) is 9.47 Å². The van der Waals surface area contributed by atoms with Crippen molar-refractivity contribution in [2.24, 2.45) is 0 Å². The molecule has 0 bridgehead atoms. The van der Waals surface area contributed by atoms with Crippen molar-refractivity contribution in [2.75, 3.05) is 18.1 Å². The summed E-state index contributed by atoms with van der Waals surface area (Å²) in [7, 11) is 0. The third kappa shape index (κ3) is 4.49. The van der Waals surface area contributed by atoms with Crippen molar-refractivity contribution in [1.82, 2.24) is 4.98 Å². The molecule has 9 heteroatoms. The first-order valence-electron chi connectivity index (χ1n) is 11.8. The molecule has 188 valence electrons. The van der Waals surface area contributed by atoms with Crippen molar-refractivity contribution in [1.29, 1.82) is 0 Å². The number of carbonyl (C=O) groups excluding carboxylic acids is 2. The second-order valence-corrected chi connectivity index (χ2v) is 9.29. The number of ether oxygens (including phenoxy) is 2. The van der Waals surface area contributed by atoms with Gasteiger partial charge in [-0.2, -0.15) is 0 Å². The smallest absolute Gasteiger partial charge is 0.301 e. The van der Waals surface area contributed by atoms with Gasteiger partial charge in [-0.1, -0.05) is 35.6 Å². The number of phenols is 1. The number of hydrogen-bond donors (Lipinski definition) is 2. The van der Waals surface area contributed by atoms with Gasteiger partial charge in [-0.05, 0) is 61.9 Å². The average molecular weight is 517 g/mol. The topological polar surface area (TPSA) is 109 Å². The number of ketones is 1. The van der Waals surface area contributed by atoms with E-state index in [0.29, 0.717) is 46.5 Å². The number of rotatable bonds is 7. The molecule has 8 nitrogen and oxygen atoms in total. The molecule has 0 radical (unpaired) electrons. The van der Waals surface area contributed by atoms with E-state index in [0.717, 1.165) is 4.70 Å². The third-order valence-electron chi connectivity index (χ3n) is 5.94. The van der Waals surface area contributed by atoms with Crippen LogP contribution in [0.3, 0.4) is 0 Å². The van der Waals surface area contributed by atoms with E-state index in [1.807, 2.05) is 19.9 Å². The first-order valence-corrected chi connectivity index (χ1v) is 12.6. The van der Waals surface area contributed by atoms with Crippen LogP contribution in [0, 0.1) is 0 Å². The molecule has 1 aliphatic heterocycles. The Hall–Kier alpha value is -4.37. The molecule has 2 N–H and O–H groups in total. The van der Waals surface area contributed by atoms with Gasteiger partial charge < -0.3 is 19.7 Å². The monoisotopic (exact) mass is 516 g/mol. The molecule has 1 amide bonds. The maximum Gasteiger partial charge on any atom is 0.301 e. The molecule has 0 spiro atoms. The van der Waals surface area contributed by atoms with E-state index in [9.17, 15) is 19.8 Å². The SMILES string of the molecule is CCOc1cccc(C(O)=C2C(=O)C(=O)N(c3nc4ccc(OCC)cc4s3)C2c2ccc(O)cc2)c1. The Morgan fingerprint density at radius 3 is 2.38 bits per heavy atom. The van der Waals surface area contributed by atoms with Crippen LogP contribution in [0.1, 0.15) is 31.0 Å². The molecule has 1 saturated heterocycles. The Morgan fingerprint density at radius 2 is 1.68 bits per heavy atom. The minimum Gasteiger partial charge on any atom is -0.508 e. The lowest BCUT2D eigenvalue weighted by molar-refractivity contribution is -0.132. The number of nitrogens with zero attached hydrogens (tertiary/aromatic N) is 2. The molecule has 1 unspecified atom stereocenters. The van der Waals surface area contributed by atoms with E-state index in [1.54, 1.807) is 48.5 Å². The van der Waals surface area contributed by atoms with Crippen LogP contribution in [0.5, 0.6) is 17.2 Å². The van der Waals surface area contributed by atoms with Crippen molar-refractivity contribution < 1.29 is 29.3 Å². The van der Waals surface area contributed by atoms with Crippen LogP contribution in [0.2, 0.25) is 0 Å². The van der Waals surface area contributed by atoms with E-state index < -0.39 is 17.7 Å². The van der Waals surface area contributed by atoms with Crippen molar-refractivity contribution in [2.45, 2.75) is 19.9 Å².